The van der Waals surface area contributed by atoms with Crippen molar-refractivity contribution in [3.63, 3.8) is 0 Å². The van der Waals surface area contributed by atoms with Crippen LogP contribution < -0.4 is 5.32 Å². The average Bonchev–Trinajstić information content (AvgIpc) is 2.67. The van der Waals surface area contributed by atoms with Crippen molar-refractivity contribution in [2.45, 2.75) is 19.8 Å². The largest absolute Gasteiger partial charge is 0.348 e. The summed E-state index contributed by atoms with van der Waals surface area (Å²) in [5.41, 5.74) is 0. The Morgan fingerprint density at radius 2 is 1.95 bits per heavy atom. The van der Waals surface area contributed by atoms with E-state index in [9.17, 15) is 13.2 Å². The van der Waals surface area contributed by atoms with Crippen molar-refractivity contribution in [1.82, 2.24) is 18.8 Å². The summed E-state index contributed by atoms with van der Waals surface area (Å²) < 4.78 is 28.0. The fraction of sp³-hybridized carbons (Fsp3) is 0.917. The number of carbonyl (C=O) groups excluding carboxylic acids is 1. The molecule has 1 aliphatic rings. The van der Waals surface area contributed by atoms with E-state index in [1.54, 1.807) is 14.1 Å². The molecule has 0 atom stereocenters. The number of carbonyl (C=O) groups is 1. The lowest BCUT2D eigenvalue weighted by Gasteiger charge is -2.29. The highest BCUT2D eigenvalue weighted by Gasteiger charge is 2.31. The number of likely N-dealkylation sites (N-methyl/N-ethyl adjacent to an activating group) is 1. The molecular formula is C12H26N4O3S. The Bertz CT molecular complexity index is 403. The molecule has 0 aromatic carbocycles. The first-order valence-corrected chi connectivity index (χ1v) is 8.45. The first-order valence-electron chi connectivity index (χ1n) is 7.05. The van der Waals surface area contributed by atoms with Crippen LogP contribution in [0.4, 0.5) is 0 Å². The van der Waals surface area contributed by atoms with E-state index in [4.69, 9.17) is 0 Å². The molecule has 8 heteroatoms. The smallest absolute Gasteiger partial charge is 0.282 e. The summed E-state index contributed by atoms with van der Waals surface area (Å²) >= 11 is 0. The zero-order valence-electron chi connectivity index (χ0n) is 12.6. The van der Waals surface area contributed by atoms with Gasteiger partial charge in [-0.1, -0.05) is 6.92 Å². The predicted octanol–water partition coefficient (Wildman–Crippen LogP) is -0.673. The molecule has 0 aromatic rings. The summed E-state index contributed by atoms with van der Waals surface area (Å²) in [6.45, 7) is 4.63. The zero-order chi connectivity index (χ0) is 15.2. The van der Waals surface area contributed by atoms with Crippen molar-refractivity contribution in [3.8, 4) is 0 Å². The van der Waals surface area contributed by atoms with Crippen LogP contribution in [0.1, 0.15) is 19.8 Å². The lowest BCUT2D eigenvalue weighted by atomic mass is 10.4. The Labute approximate surface area is 122 Å². The lowest BCUT2D eigenvalue weighted by Crippen LogP contribution is -2.48. The minimum atomic E-state index is -3.56. The summed E-state index contributed by atoms with van der Waals surface area (Å²) in [6, 6.07) is 0. The monoisotopic (exact) mass is 306 g/mol. The van der Waals surface area contributed by atoms with Gasteiger partial charge in [-0.05, 0) is 19.4 Å². The number of nitrogens with zero attached hydrogens (tertiary/aromatic N) is 3. The molecule has 118 valence electrons. The summed E-state index contributed by atoms with van der Waals surface area (Å²) in [4.78, 5) is 13.2. The van der Waals surface area contributed by atoms with Crippen LogP contribution in [0.15, 0.2) is 0 Å². The van der Waals surface area contributed by atoms with Crippen LogP contribution in [0.2, 0.25) is 0 Å². The van der Waals surface area contributed by atoms with E-state index in [2.05, 4.69) is 5.32 Å². The Kier molecular flexibility index (Phi) is 6.87. The number of amides is 1. The molecule has 7 nitrogen and oxygen atoms in total. The van der Waals surface area contributed by atoms with Crippen molar-refractivity contribution in [1.29, 1.82) is 0 Å². The van der Waals surface area contributed by atoms with Gasteiger partial charge < -0.3 is 10.2 Å². The van der Waals surface area contributed by atoms with E-state index in [1.165, 1.54) is 13.5 Å². The third-order valence-electron chi connectivity index (χ3n) is 3.24. The number of hydrogen-bond donors (Lipinski definition) is 1. The molecule has 0 aliphatic carbocycles. The van der Waals surface area contributed by atoms with Gasteiger partial charge in [-0.25, -0.2) is 0 Å². The Morgan fingerprint density at radius 3 is 2.55 bits per heavy atom. The van der Waals surface area contributed by atoms with Crippen molar-refractivity contribution in [3.05, 3.63) is 0 Å². The summed E-state index contributed by atoms with van der Waals surface area (Å²) in [5, 5.41) is 3.18. The fourth-order valence-corrected chi connectivity index (χ4v) is 3.73. The normalized spacial score (nSPS) is 18.0. The first kappa shape index (κ1) is 17.4. The lowest BCUT2D eigenvalue weighted by molar-refractivity contribution is -0.128. The van der Waals surface area contributed by atoms with Crippen molar-refractivity contribution < 1.29 is 13.2 Å². The molecule has 0 saturated carbocycles. The van der Waals surface area contributed by atoms with Gasteiger partial charge in [0.05, 0.1) is 6.54 Å². The van der Waals surface area contributed by atoms with Crippen LogP contribution >= 0.6 is 0 Å². The minimum absolute atomic E-state index is 0.0902. The predicted molar refractivity (Wildman–Crippen MR) is 78.5 cm³/mol. The number of rotatable bonds is 6. The molecule has 1 amide bonds. The van der Waals surface area contributed by atoms with Crippen LogP contribution in [-0.4, -0.2) is 81.2 Å². The van der Waals surface area contributed by atoms with Gasteiger partial charge in [0.1, 0.15) is 0 Å². The molecule has 1 heterocycles. The first-order chi connectivity index (χ1) is 9.39. The standard InChI is InChI=1S/C12H26N4O3S/c1-4-8-16(11-12(17)14(2)3)20(18,19)15-9-5-6-13-7-10-15/h13H,4-11H2,1-3H3. The molecule has 1 aliphatic heterocycles. The second kappa shape index (κ2) is 7.92. The van der Waals surface area contributed by atoms with Gasteiger partial charge in [-0.3, -0.25) is 4.79 Å². The summed E-state index contributed by atoms with van der Waals surface area (Å²) in [6.07, 6.45) is 1.48. The van der Waals surface area contributed by atoms with Gasteiger partial charge in [-0.15, -0.1) is 0 Å². The topological polar surface area (TPSA) is 73.0 Å². The Hall–Kier alpha value is -0.700. The third-order valence-corrected chi connectivity index (χ3v) is 5.22. The summed E-state index contributed by atoms with van der Waals surface area (Å²) in [7, 11) is -0.291. The molecular weight excluding hydrogens is 280 g/mol. The van der Waals surface area contributed by atoms with Crippen LogP contribution in [0.25, 0.3) is 0 Å². The van der Waals surface area contributed by atoms with Crippen LogP contribution in [0, 0.1) is 0 Å². The van der Waals surface area contributed by atoms with E-state index in [1.807, 2.05) is 6.92 Å². The Balaban J connectivity index is 2.84. The van der Waals surface area contributed by atoms with Crippen LogP contribution in [-0.2, 0) is 15.0 Å². The van der Waals surface area contributed by atoms with E-state index < -0.39 is 10.2 Å². The average molecular weight is 306 g/mol. The fourth-order valence-electron chi connectivity index (χ4n) is 2.03. The molecule has 20 heavy (non-hydrogen) atoms. The second-order valence-electron chi connectivity index (χ2n) is 5.13. The highest BCUT2D eigenvalue weighted by atomic mass is 32.2. The van der Waals surface area contributed by atoms with Crippen LogP contribution in [0.3, 0.4) is 0 Å². The van der Waals surface area contributed by atoms with Crippen molar-refractivity contribution >= 4 is 16.1 Å². The zero-order valence-corrected chi connectivity index (χ0v) is 13.4. The van der Waals surface area contributed by atoms with Crippen LogP contribution in [0.5, 0.6) is 0 Å². The molecule has 1 saturated heterocycles. The van der Waals surface area contributed by atoms with Crippen molar-refractivity contribution in [2.24, 2.45) is 0 Å². The molecule has 0 aromatic heterocycles. The SMILES string of the molecule is CCCN(CC(=O)N(C)C)S(=O)(=O)N1CCCNCC1. The van der Waals surface area contributed by atoms with Gasteiger partial charge in [0.25, 0.3) is 10.2 Å². The van der Waals surface area contributed by atoms with E-state index >= 15 is 0 Å². The highest BCUT2D eigenvalue weighted by molar-refractivity contribution is 7.86. The summed E-state index contributed by atoms with van der Waals surface area (Å²) in [5.74, 6) is -0.199. The number of hydrogen-bond acceptors (Lipinski definition) is 4. The van der Waals surface area contributed by atoms with E-state index in [0.29, 0.717) is 32.6 Å². The molecule has 0 unspecified atom stereocenters. The maximum Gasteiger partial charge on any atom is 0.282 e. The maximum absolute atomic E-state index is 12.6. The van der Waals surface area contributed by atoms with Crippen molar-refractivity contribution in [2.75, 3.05) is 53.4 Å². The third kappa shape index (κ3) is 4.69. The minimum Gasteiger partial charge on any atom is -0.348 e. The van der Waals surface area contributed by atoms with E-state index in [-0.39, 0.29) is 12.5 Å². The second-order valence-corrected chi connectivity index (χ2v) is 7.06. The molecule has 0 bridgehead atoms. The molecule has 1 N–H and O–H groups in total. The van der Waals surface area contributed by atoms with E-state index in [0.717, 1.165) is 13.0 Å². The van der Waals surface area contributed by atoms with Gasteiger partial charge in [0.15, 0.2) is 0 Å². The number of nitrogens with one attached hydrogen (secondary N) is 1. The van der Waals surface area contributed by atoms with Gasteiger partial charge in [0, 0.05) is 40.3 Å². The van der Waals surface area contributed by atoms with Gasteiger partial charge in [0.2, 0.25) is 5.91 Å². The molecule has 1 fully saturated rings. The Morgan fingerprint density at radius 1 is 1.25 bits per heavy atom. The quantitative estimate of drug-likeness (QED) is 0.706. The molecule has 0 spiro atoms. The maximum atomic E-state index is 12.6. The van der Waals surface area contributed by atoms with Gasteiger partial charge in [-0.2, -0.15) is 17.0 Å². The highest BCUT2D eigenvalue weighted by Crippen LogP contribution is 2.11. The molecule has 0 radical (unpaired) electrons. The van der Waals surface area contributed by atoms with Gasteiger partial charge >= 0.3 is 0 Å². The molecule has 1 rings (SSSR count).